The van der Waals surface area contributed by atoms with Gasteiger partial charge in [0.1, 0.15) is 0 Å². The van der Waals surface area contributed by atoms with Gasteiger partial charge in [-0.25, -0.2) is 4.79 Å². The lowest BCUT2D eigenvalue weighted by atomic mass is 10.1. The normalized spacial score (nSPS) is 11.4. The van der Waals surface area contributed by atoms with Gasteiger partial charge in [0.15, 0.2) is 12.4 Å². The Kier molecular flexibility index (Phi) is 4.07. The minimum absolute atomic E-state index is 0.0322. The molecule has 0 bridgehead atoms. The molecule has 0 radical (unpaired) electrons. The van der Waals surface area contributed by atoms with Gasteiger partial charge in [-0.1, -0.05) is 11.6 Å². The molecule has 3 aromatic heterocycles. The second-order valence-electron chi connectivity index (χ2n) is 6.54. The van der Waals surface area contributed by atoms with Crippen LogP contribution >= 0.6 is 11.3 Å². The minimum atomic E-state index is -0.390. The summed E-state index contributed by atoms with van der Waals surface area (Å²) in [6.07, 6.45) is 0. The van der Waals surface area contributed by atoms with Crippen LogP contribution in [-0.4, -0.2) is 25.1 Å². The van der Waals surface area contributed by atoms with Gasteiger partial charge in [-0.2, -0.15) is 0 Å². The maximum absolute atomic E-state index is 12.6. The van der Waals surface area contributed by atoms with Crippen molar-refractivity contribution in [2.75, 3.05) is 0 Å². The third-order valence-electron chi connectivity index (χ3n) is 4.53. The highest BCUT2D eigenvalue weighted by molar-refractivity contribution is 7.12. The Hall–Kier alpha value is -3.00. The number of carbonyl (C=O) groups is 1. The van der Waals surface area contributed by atoms with E-state index >= 15 is 0 Å². The molecule has 4 aromatic rings. The second-order valence-corrected chi connectivity index (χ2v) is 8.00. The third-order valence-corrected chi connectivity index (χ3v) is 5.50. The molecule has 0 aliphatic rings. The first kappa shape index (κ1) is 17.4. The van der Waals surface area contributed by atoms with E-state index < -0.39 is 5.97 Å². The van der Waals surface area contributed by atoms with Crippen LogP contribution in [0.15, 0.2) is 29.1 Å². The summed E-state index contributed by atoms with van der Waals surface area (Å²) in [5, 5.41) is 8.82. The van der Waals surface area contributed by atoms with Crippen molar-refractivity contribution >= 4 is 34.0 Å². The van der Waals surface area contributed by atoms with Crippen LogP contribution in [0.4, 0.5) is 0 Å². The topological polar surface area (TPSA) is 78.5 Å². The van der Waals surface area contributed by atoms with Gasteiger partial charge < -0.3 is 4.74 Å². The van der Waals surface area contributed by atoms with Crippen molar-refractivity contribution in [3.63, 3.8) is 0 Å². The van der Waals surface area contributed by atoms with E-state index in [1.165, 1.54) is 4.57 Å². The Balaban J connectivity index is 1.77. The molecule has 0 saturated carbocycles. The molecule has 27 heavy (non-hydrogen) atoms. The van der Waals surface area contributed by atoms with Crippen LogP contribution in [-0.2, 0) is 18.4 Å². The Morgan fingerprint density at radius 1 is 1.19 bits per heavy atom. The summed E-state index contributed by atoms with van der Waals surface area (Å²) in [6.45, 7) is 5.75. The number of hydrogen-bond donors (Lipinski definition) is 0. The zero-order chi connectivity index (χ0) is 19.3. The van der Waals surface area contributed by atoms with E-state index in [0.29, 0.717) is 28.1 Å². The third kappa shape index (κ3) is 2.82. The van der Waals surface area contributed by atoms with Crippen molar-refractivity contribution in [1.29, 1.82) is 0 Å². The fourth-order valence-corrected chi connectivity index (χ4v) is 4.11. The Bertz CT molecular complexity index is 1270. The summed E-state index contributed by atoms with van der Waals surface area (Å²) in [7, 11) is 1.65. The highest BCUT2D eigenvalue weighted by Crippen LogP contribution is 2.22. The molecule has 138 valence electrons. The lowest BCUT2D eigenvalue weighted by molar-refractivity contribution is 0.0461. The summed E-state index contributed by atoms with van der Waals surface area (Å²) in [6, 6.07) is 7.45. The van der Waals surface area contributed by atoms with E-state index in [0.717, 1.165) is 15.3 Å². The fraction of sp³-hybridized carbons (Fsp3) is 0.263. The molecule has 4 rings (SSSR count). The number of aromatic nitrogens is 4. The van der Waals surface area contributed by atoms with Crippen LogP contribution in [0.2, 0.25) is 0 Å². The van der Waals surface area contributed by atoms with Gasteiger partial charge in [0.05, 0.1) is 16.5 Å². The summed E-state index contributed by atoms with van der Waals surface area (Å²) in [5.41, 5.74) is 2.11. The number of esters is 1. The van der Waals surface area contributed by atoms with Crippen LogP contribution in [0.5, 0.6) is 0 Å². The number of thiophene rings is 1. The van der Waals surface area contributed by atoms with Gasteiger partial charge in [-0.3, -0.25) is 13.8 Å². The number of fused-ring (bicyclic) bond motifs is 3. The molecular formula is C19H18N4O3S. The maximum Gasteiger partial charge on any atom is 0.339 e. The summed E-state index contributed by atoms with van der Waals surface area (Å²) >= 11 is 1.56. The van der Waals surface area contributed by atoms with Crippen LogP contribution < -0.4 is 5.56 Å². The predicted molar refractivity (Wildman–Crippen MR) is 103 cm³/mol. The van der Waals surface area contributed by atoms with Crippen LogP contribution in [0.1, 0.15) is 31.5 Å². The lowest BCUT2D eigenvalue weighted by Crippen LogP contribution is -2.20. The first-order valence-corrected chi connectivity index (χ1v) is 9.26. The molecule has 0 saturated heterocycles. The van der Waals surface area contributed by atoms with Crippen molar-refractivity contribution < 1.29 is 9.53 Å². The van der Waals surface area contributed by atoms with Crippen LogP contribution in [0.25, 0.3) is 16.7 Å². The molecular weight excluding hydrogens is 364 g/mol. The molecule has 8 heteroatoms. The van der Waals surface area contributed by atoms with Crippen LogP contribution in [0, 0.1) is 20.8 Å². The average molecular weight is 382 g/mol. The molecule has 0 N–H and O–H groups in total. The molecule has 0 unspecified atom stereocenters. The highest BCUT2D eigenvalue weighted by atomic mass is 32.1. The van der Waals surface area contributed by atoms with E-state index in [4.69, 9.17) is 4.74 Å². The van der Waals surface area contributed by atoms with Gasteiger partial charge in [0.25, 0.3) is 5.56 Å². The van der Waals surface area contributed by atoms with Crippen molar-refractivity contribution in [1.82, 2.24) is 19.2 Å². The molecule has 3 heterocycles. The zero-order valence-electron chi connectivity index (χ0n) is 15.4. The van der Waals surface area contributed by atoms with E-state index in [9.17, 15) is 9.59 Å². The molecule has 1 aromatic carbocycles. The number of rotatable bonds is 3. The van der Waals surface area contributed by atoms with E-state index in [1.807, 2.05) is 45.0 Å². The lowest BCUT2D eigenvalue weighted by Gasteiger charge is -2.09. The second kappa shape index (κ2) is 6.31. The van der Waals surface area contributed by atoms with E-state index in [-0.39, 0.29) is 12.2 Å². The summed E-state index contributed by atoms with van der Waals surface area (Å²) < 4.78 is 8.68. The van der Waals surface area contributed by atoms with Crippen molar-refractivity contribution in [2.45, 2.75) is 27.4 Å². The minimum Gasteiger partial charge on any atom is -0.454 e. The van der Waals surface area contributed by atoms with Gasteiger partial charge in [0.2, 0.25) is 5.78 Å². The summed E-state index contributed by atoms with van der Waals surface area (Å²) in [4.78, 5) is 27.0. The largest absolute Gasteiger partial charge is 0.454 e. The Labute approximate surface area is 158 Å². The smallest absolute Gasteiger partial charge is 0.339 e. The molecule has 7 nitrogen and oxygen atoms in total. The Morgan fingerprint density at radius 3 is 2.67 bits per heavy atom. The molecule has 0 aliphatic heterocycles. The number of hydrogen-bond acceptors (Lipinski definition) is 6. The monoisotopic (exact) mass is 382 g/mol. The predicted octanol–water partition coefficient (Wildman–Crippen LogP) is 2.92. The van der Waals surface area contributed by atoms with Gasteiger partial charge >= 0.3 is 5.97 Å². The van der Waals surface area contributed by atoms with Crippen molar-refractivity contribution in [3.8, 4) is 0 Å². The SMILES string of the molecule is Cc1ccc2c(c1)c(=O)n(C)c1nnc(COC(=O)c3cc(C)sc3C)n21. The molecule has 0 atom stereocenters. The van der Waals surface area contributed by atoms with Crippen LogP contribution in [0.3, 0.4) is 0 Å². The van der Waals surface area contributed by atoms with Crippen molar-refractivity contribution in [2.24, 2.45) is 7.05 Å². The van der Waals surface area contributed by atoms with Gasteiger partial charge in [0, 0.05) is 16.8 Å². The summed E-state index contributed by atoms with van der Waals surface area (Å²) in [5.74, 6) is 0.482. The van der Waals surface area contributed by atoms with Gasteiger partial charge in [-0.15, -0.1) is 21.5 Å². The number of nitrogens with zero attached hydrogens (tertiary/aromatic N) is 4. The number of ether oxygens (including phenoxy) is 1. The first-order valence-electron chi connectivity index (χ1n) is 8.44. The molecule has 0 fully saturated rings. The standard InChI is InChI=1S/C19H18N4O3S/c1-10-5-6-15-14(7-10)17(24)22(4)19-21-20-16(23(15)19)9-26-18(25)13-8-11(2)27-12(13)3/h5-8H,9H2,1-4H3. The quantitative estimate of drug-likeness (QED) is 0.509. The average Bonchev–Trinajstić information content (AvgIpc) is 3.20. The number of carbonyl (C=O) groups excluding carboxylic acids is 1. The first-order chi connectivity index (χ1) is 12.9. The van der Waals surface area contributed by atoms with Crippen molar-refractivity contribution in [3.05, 3.63) is 61.3 Å². The number of aryl methyl sites for hydroxylation is 4. The fourth-order valence-electron chi connectivity index (χ4n) is 3.19. The molecule has 0 spiro atoms. The highest BCUT2D eigenvalue weighted by Gasteiger charge is 2.18. The zero-order valence-corrected chi connectivity index (χ0v) is 16.3. The van der Waals surface area contributed by atoms with E-state index in [1.54, 1.807) is 22.8 Å². The van der Waals surface area contributed by atoms with Gasteiger partial charge in [-0.05, 0) is 39.0 Å². The molecule has 0 aliphatic carbocycles. The number of benzene rings is 1. The Morgan fingerprint density at radius 2 is 1.96 bits per heavy atom. The maximum atomic E-state index is 12.6. The van der Waals surface area contributed by atoms with E-state index in [2.05, 4.69) is 10.2 Å². The molecule has 0 amide bonds.